The van der Waals surface area contributed by atoms with Crippen molar-refractivity contribution < 1.29 is 0 Å². The summed E-state index contributed by atoms with van der Waals surface area (Å²) in [5.74, 6) is 0. The van der Waals surface area contributed by atoms with Crippen molar-refractivity contribution in [3.63, 3.8) is 0 Å². The van der Waals surface area contributed by atoms with Gasteiger partial charge < -0.3 is 5.32 Å². The summed E-state index contributed by atoms with van der Waals surface area (Å²) in [6, 6.07) is 0.881. The molecular formula is C11H21N. The molecule has 1 aliphatic carbocycles. The molecule has 1 heteroatoms. The SMILES string of the molecule is C=C(C)CCCCCNC1CC1. The Balaban J connectivity index is 1.73. The lowest BCUT2D eigenvalue weighted by Gasteiger charge is -2.02. The van der Waals surface area contributed by atoms with Crippen LogP contribution >= 0.6 is 0 Å². The summed E-state index contributed by atoms with van der Waals surface area (Å²) in [4.78, 5) is 0. The fourth-order valence-electron chi connectivity index (χ4n) is 1.32. The van der Waals surface area contributed by atoms with Gasteiger partial charge in [0.2, 0.25) is 0 Å². The third kappa shape index (κ3) is 5.36. The van der Waals surface area contributed by atoms with Gasteiger partial charge in [0.15, 0.2) is 0 Å². The molecule has 0 bridgehead atoms. The van der Waals surface area contributed by atoms with Crippen LogP contribution < -0.4 is 5.32 Å². The first-order valence-electron chi connectivity index (χ1n) is 5.17. The van der Waals surface area contributed by atoms with Crippen LogP contribution in [-0.2, 0) is 0 Å². The van der Waals surface area contributed by atoms with Crippen molar-refractivity contribution >= 4 is 0 Å². The molecule has 1 saturated carbocycles. The molecule has 0 atom stereocenters. The van der Waals surface area contributed by atoms with E-state index in [0.29, 0.717) is 0 Å². The number of nitrogens with one attached hydrogen (secondary N) is 1. The van der Waals surface area contributed by atoms with Crippen molar-refractivity contribution in [2.75, 3.05) is 6.54 Å². The van der Waals surface area contributed by atoms with Crippen LogP contribution in [0.25, 0.3) is 0 Å². The van der Waals surface area contributed by atoms with Crippen LogP contribution in [0.15, 0.2) is 12.2 Å². The van der Waals surface area contributed by atoms with E-state index in [1.807, 2.05) is 0 Å². The molecule has 0 aromatic rings. The van der Waals surface area contributed by atoms with Gasteiger partial charge in [-0.1, -0.05) is 12.0 Å². The van der Waals surface area contributed by atoms with Gasteiger partial charge in [0.1, 0.15) is 0 Å². The second-order valence-corrected chi connectivity index (χ2v) is 4.00. The summed E-state index contributed by atoms with van der Waals surface area (Å²) in [5.41, 5.74) is 1.32. The first kappa shape index (κ1) is 9.79. The van der Waals surface area contributed by atoms with Gasteiger partial charge in [0.25, 0.3) is 0 Å². The average Bonchev–Trinajstić information content (AvgIpc) is 2.79. The Hall–Kier alpha value is -0.300. The van der Waals surface area contributed by atoms with E-state index in [1.165, 1.54) is 50.6 Å². The van der Waals surface area contributed by atoms with Crippen molar-refractivity contribution in [2.24, 2.45) is 0 Å². The van der Waals surface area contributed by atoms with Crippen molar-refractivity contribution in [2.45, 2.75) is 51.5 Å². The zero-order chi connectivity index (χ0) is 8.81. The smallest absolute Gasteiger partial charge is 0.00682 e. The van der Waals surface area contributed by atoms with E-state index in [4.69, 9.17) is 0 Å². The summed E-state index contributed by atoms with van der Waals surface area (Å²) in [5, 5.41) is 3.52. The van der Waals surface area contributed by atoms with Crippen LogP contribution in [0.5, 0.6) is 0 Å². The summed E-state index contributed by atoms with van der Waals surface area (Å²) in [6.07, 6.45) is 8.04. The van der Waals surface area contributed by atoms with Gasteiger partial charge >= 0.3 is 0 Å². The zero-order valence-corrected chi connectivity index (χ0v) is 8.23. The molecule has 70 valence electrons. The van der Waals surface area contributed by atoms with Gasteiger partial charge in [0.05, 0.1) is 0 Å². The monoisotopic (exact) mass is 167 g/mol. The summed E-state index contributed by atoms with van der Waals surface area (Å²) in [6.45, 7) is 7.23. The summed E-state index contributed by atoms with van der Waals surface area (Å²) >= 11 is 0. The summed E-state index contributed by atoms with van der Waals surface area (Å²) in [7, 11) is 0. The molecule has 1 fully saturated rings. The van der Waals surface area contributed by atoms with E-state index in [1.54, 1.807) is 0 Å². The molecule has 0 saturated heterocycles. The Kier molecular flexibility index (Phi) is 4.37. The summed E-state index contributed by atoms with van der Waals surface area (Å²) < 4.78 is 0. The van der Waals surface area contributed by atoms with E-state index in [2.05, 4.69) is 18.8 Å². The van der Waals surface area contributed by atoms with Crippen molar-refractivity contribution in [1.29, 1.82) is 0 Å². The molecule has 1 N–H and O–H groups in total. The predicted molar refractivity (Wildman–Crippen MR) is 54.3 cm³/mol. The Morgan fingerprint density at radius 1 is 1.33 bits per heavy atom. The molecule has 0 spiro atoms. The highest BCUT2D eigenvalue weighted by Gasteiger charge is 2.19. The number of hydrogen-bond acceptors (Lipinski definition) is 1. The van der Waals surface area contributed by atoms with Gasteiger partial charge in [-0.2, -0.15) is 0 Å². The van der Waals surface area contributed by atoms with E-state index in [-0.39, 0.29) is 0 Å². The minimum atomic E-state index is 0.881. The third-order valence-electron chi connectivity index (χ3n) is 2.29. The predicted octanol–water partition coefficient (Wildman–Crippen LogP) is 2.87. The fourth-order valence-corrected chi connectivity index (χ4v) is 1.32. The van der Waals surface area contributed by atoms with Crippen molar-refractivity contribution in [3.8, 4) is 0 Å². The Morgan fingerprint density at radius 2 is 2.08 bits per heavy atom. The highest BCUT2D eigenvalue weighted by molar-refractivity contribution is 4.87. The molecule has 1 aliphatic rings. The molecule has 1 nitrogen and oxygen atoms in total. The van der Waals surface area contributed by atoms with E-state index in [9.17, 15) is 0 Å². The standard InChI is InChI=1S/C11H21N/c1-10(2)6-4-3-5-9-12-11-7-8-11/h11-12H,1,3-9H2,2H3. The molecule has 12 heavy (non-hydrogen) atoms. The Morgan fingerprint density at radius 3 is 2.67 bits per heavy atom. The lowest BCUT2D eigenvalue weighted by molar-refractivity contribution is 0.600. The number of allylic oxidation sites excluding steroid dienone is 1. The van der Waals surface area contributed by atoms with E-state index in [0.717, 1.165) is 6.04 Å². The molecule has 0 aliphatic heterocycles. The van der Waals surface area contributed by atoms with Crippen LogP contribution in [0.4, 0.5) is 0 Å². The van der Waals surface area contributed by atoms with E-state index >= 15 is 0 Å². The maximum atomic E-state index is 3.90. The van der Waals surface area contributed by atoms with Gasteiger partial charge in [-0.3, -0.25) is 0 Å². The number of rotatable bonds is 7. The van der Waals surface area contributed by atoms with Gasteiger partial charge in [-0.25, -0.2) is 0 Å². The van der Waals surface area contributed by atoms with Crippen LogP contribution in [0.3, 0.4) is 0 Å². The molecule has 0 amide bonds. The van der Waals surface area contributed by atoms with Crippen molar-refractivity contribution in [1.82, 2.24) is 5.32 Å². The lowest BCUT2D eigenvalue weighted by atomic mass is 10.1. The van der Waals surface area contributed by atoms with Crippen LogP contribution in [0.2, 0.25) is 0 Å². The zero-order valence-electron chi connectivity index (χ0n) is 8.23. The van der Waals surface area contributed by atoms with Crippen LogP contribution in [0.1, 0.15) is 45.4 Å². The molecule has 0 aromatic heterocycles. The lowest BCUT2D eigenvalue weighted by Crippen LogP contribution is -2.17. The second-order valence-electron chi connectivity index (χ2n) is 4.00. The Bertz CT molecular complexity index is 136. The second kappa shape index (κ2) is 5.36. The minimum absolute atomic E-state index is 0.881. The normalized spacial score (nSPS) is 16.4. The Labute approximate surface area is 76.2 Å². The maximum absolute atomic E-state index is 3.90. The van der Waals surface area contributed by atoms with Crippen molar-refractivity contribution in [3.05, 3.63) is 12.2 Å². The number of unbranched alkanes of at least 4 members (excludes halogenated alkanes) is 2. The van der Waals surface area contributed by atoms with Gasteiger partial charge in [-0.05, 0) is 45.6 Å². The highest BCUT2D eigenvalue weighted by Crippen LogP contribution is 2.18. The van der Waals surface area contributed by atoms with E-state index < -0.39 is 0 Å². The topological polar surface area (TPSA) is 12.0 Å². The first-order valence-corrected chi connectivity index (χ1v) is 5.17. The largest absolute Gasteiger partial charge is 0.314 e. The van der Waals surface area contributed by atoms with Gasteiger partial charge in [0, 0.05) is 6.04 Å². The fraction of sp³-hybridized carbons (Fsp3) is 0.818. The highest BCUT2D eigenvalue weighted by atomic mass is 14.9. The van der Waals surface area contributed by atoms with Crippen LogP contribution in [-0.4, -0.2) is 12.6 Å². The first-order chi connectivity index (χ1) is 5.79. The van der Waals surface area contributed by atoms with Crippen LogP contribution in [0, 0.1) is 0 Å². The molecular weight excluding hydrogens is 146 g/mol. The molecule has 0 heterocycles. The molecule has 0 aromatic carbocycles. The molecule has 0 unspecified atom stereocenters. The minimum Gasteiger partial charge on any atom is -0.314 e. The van der Waals surface area contributed by atoms with Gasteiger partial charge in [-0.15, -0.1) is 6.58 Å². The molecule has 0 radical (unpaired) electrons. The third-order valence-corrected chi connectivity index (χ3v) is 2.29. The molecule has 1 rings (SSSR count). The number of hydrogen-bond donors (Lipinski definition) is 1. The quantitative estimate of drug-likeness (QED) is 0.454. The maximum Gasteiger partial charge on any atom is 0.00682 e. The average molecular weight is 167 g/mol.